The highest BCUT2D eigenvalue weighted by molar-refractivity contribution is 9.09. The molecule has 4 heteroatoms. The van der Waals surface area contributed by atoms with Crippen LogP contribution in [0.3, 0.4) is 0 Å². The van der Waals surface area contributed by atoms with Gasteiger partial charge in [0, 0.05) is 9.85 Å². The minimum absolute atomic E-state index is 0.219. The van der Waals surface area contributed by atoms with Crippen LogP contribution in [0.4, 0.5) is 0 Å². The number of alkyl halides is 1. The van der Waals surface area contributed by atoms with E-state index in [2.05, 4.69) is 28.1 Å². The van der Waals surface area contributed by atoms with Crippen molar-refractivity contribution in [2.75, 3.05) is 13.2 Å². The van der Waals surface area contributed by atoms with E-state index in [9.17, 15) is 0 Å². The van der Waals surface area contributed by atoms with Crippen LogP contribution in [0.25, 0.3) is 0 Å². The lowest BCUT2D eigenvalue weighted by atomic mass is 10.0. The second-order valence-corrected chi connectivity index (χ2v) is 6.25. The Morgan fingerprint density at radius 1 is 1.05 bits per heavy atom. The lowest BCUT2D eigenvalue weighted by molar-refractivity contribution is 0.171. The number of hydrogen-bond donors (Lipinski definition) is 0. The molecule has 20 heavy (non-hydrogen) atoms. The second kappa shape index (κ2) is 6.06. The summed E-state index contributed by atoms with van der Waals surface area (Å²) in [5, 5.41) is 0.768. The Kier molecular flexibility index (Phi) is 4.18. The Morgan fingerprint density at radius 2 is 1.85 bits per heavy atom. The third kappa shape index (κ3) is 3.10. The van der Waals surface area contributed by atoms with Crippen molar-refractivity contribution < 1.29 is 9.47 Å². The Hall–Kier alpha value is -1.19. The summed E-state index contributed by atoms with van der Waals surface area (Å²) in [5.41, 5.74) is 2.38. The molecule has 1 heterocycles. The summed E-state index contributed by atoms with van der Waals surface area (Å²) in [7, 11) is 0. The van der Waals surface area contributed by atoms with Crippen LogP contribution < -0.4 is 9.47 Å². The highest BCUT2D eigenvalue weighted by atomic mass is 79.9. The smallest absolute Gasteiger partial charge is 0.161 e. The summed E-state index contributed by atoms with van der Waals surface area (Å²) in [6.07, 6.45) is 0.875. The molecule has 1 aliphatic rings. The third-order valence-corrected chi connectivity index (χ3v) is 4.32. The summed E-state index contributed by atoms with van der Waals surface area (Å²) < 4.78 is 11.2. The Bertz CT molecular complexity index is 615. The predicted molar refractivity (Wildman–Crippen MR) is 84.3 cm³/mol. The minimum atomic E-state index is 0.219. The molecule has 0 aromatic heterocycles. The van der Waals surface area contributed by atoms with Crippen molar-refractivity contribution in [3.05, 3.63) is 58.6 Å². The molecule has 3 rings (SSSR count). The van der Waals surface area contributed by atoms with Gasteiger partial charge in [-0.25, -0.2) is 0 Å². The first kappa shape index (κ1) is 13.8. The van der Waals surface area contributed by atoms with Gasteiger partial charge < -0.3 is 9.47 Å². The van der Waals surface area contributed by atoms with Crippen molar-refractivity contribution in [3.63, 3.8) is 0 Å². The molecule has 0 fully saturated rings. The maximum absolute atomic E-state index is 6.02. The maximum atomic E-state index is 6.02. The lowest BCUT2D eigenvalue weighted by Crippen LogP contribution is -2.15. The number of hydrogen-bond acceptors (Lipinski definition) is 2. The topological polar surface area (TPSA) is 18.5 Å². The molecular weight excluding hydrogens is 340 g/mol. The van der Waals surface area contributed by atoms with E-state index >= 15 is 0 Å². The first-order chi connectivity index (χ1) is 9.72. The molecule has 0 N–H and O–H groups in total. The normalized spacial score (nSPS) is 14.9. The van der Waals surface area contributed by atoms with Gasteiger partial charge in [-0.2, -0.15) is 0 Å². The van der Waals surface area contributed by atoms with Crippen LogP contribution in [-0.4, -0.2) is 13.2 Å². The van der Waals surface area contributed by atoms with Gasteiger partial charge in [0.05, 0.1) is 0 Å². The van der Waals surface area contributed by atoms with E-state index in [4.69, 9.17) is 21.1 Å². The Balaban J connectivity index is 1.78. The number of fused-ring (bicyclic) bond motifs is 1. The van der Waals surface area contributed by atoms with Crippen LogP contribution in [0, 0.1) is 0 Å². The van der Waals surface area contributed by atoms with Crippen molar-refractivity contribution in [3.8, 4) is 11.5 Å². The van der Waals surface area contributed by atoms with Crippen molar-refractivity contribution in [1.82, 2.24) is 0 Å². The summed E-state index contributed by atoms with van der Waals surface area (Å²) in [4.78, 5) is 0.219. The quantitative estimate of drug-likeness (QED) is 0.739. The van der Waals surface area contributed by atoms with Crippen LogP contribution in [-0.2, 0) is 6.42 Å². The van der Waals surface area contributed by atoms with E-state index in [0.29, 0.717) is 13.2 Å². The SMILES string of the molecule is Clc1cccc(CC(Br)c2ccc3c(c2)OCCO3)c1. The molecule has 2 aromatic rings. The average molecular weight is 354 g/mol. The number of rotatable bonds is 3. The van der Waals surface area contributed by atoms with Crippen LogP contribution in [0.1, 0.15) is 16.0 Å². The number of ether oxygens (including phenoxy) is 2. The van der Waals surface area contributed by atoms with E-state index in [1.54, 1.807) is 0 Å². The number of halogens is 2. The van der Waals surface area contributed by atoms with E-state index < -0.39 is 0 Å². The van der Waals surface area contributed by atoms with E-state index in [1.807, 2.05) is 30.3 Å². The standard InChI is InChI=1S/C16H14BrClO2/c17-14(9-11-2-1-3-13(18)8-11)12-4-5-15-16(10-12)20-7-6-19-15/h1-5,8,10,14H,6-7,9H2. The molecular formula is C16H14BrClO2. The van der Waals surface area contributed by atoms with Crippen molar-refractivity contribution >= 4 is 27.5 Å². The van der Waals surface area contributed by atoms with Crippen LogP contribution in [0.5, 0.6) is 11.5 Å². The second-order valence-electron chi connectivity index (χ2n) is 4.70. The molecule has 2 nitrogen and oxygen atoms in total. The molecule has 0 aliphatic carbocycles. The highest BCUT2D eigenvalue weighted by Gasteiger charge is 2.15. The zero-order valence-corrected chi connectivity index (χ0v) is 13.2. The van der Waals surface area contributed by atoms with Gasteiger partial charge in [0.25, 0.3) is 0 Å². The molecule has 0 saturated heterocycles. The van der Waals surface area contributed by atoms with Crippen molar-refractivity contribution in [1.29, 1.82) is 0 Å². The molecule has 0 bridgehead atoms. The zero-order chi connectivity index (χ0) is 13.9. The number of benzene rings is 2. The van der Waals surface area contributed by atoms with E-state index in [1.165, 1.54) is 11.1 Å². The fourth-order valence-corrected chi connectivity index (χ4v) is 3.11. The van der Waals surface area contributed by atoms with Gasteiger partial charge in [-0.3, -0.25) is 0 Å². The van der Waals surface area contributed by atoms with Gasteiger partial charge in [-0.15, -0.1) is 0 Å². The van der Waals surface area contributed by atoms with Gasteiger partial charge in [-0.1, -0.05) is 45.7 Å². The lowest BCUT2D eigenvalue weighted by Gasteiger charge is -2.20. The Morgan fingerprint density at radius 3 is 2.65 bits per heavy atom. The first-order valence-electron chi connectivity index (χ1n) is 6.50. The Labute approximate surface area is 131 Å². The molecule has 104 valence electrons. The summed E-state index contributed by atoms with van der Waals surface area (Å²) in [6, 6.07) is 14.0. The maximum Gasteiger partial charge on any atom is 0.161 e. The summed E-state index contributed by atoms with van der Waals surface area (Å²) in [5.74, 6) is 1.65. The van der Waals surface area contributed by atoms with Gasteiger partial charge in [0.15, 0.2) is 11.5 Å². The summed E-state index contributed by atoms with van der Waals surface area (Å²) in [6.45, 7) is 1.23. The fourth-order valence-electron chi connectivity index (χ4n) is 2.24. The fraction of sp³-hybridized carbons (Fsp3) is 0.250. The van der Waals surface area contributed by atoms with Crippen molar-refractivity contribution in [2.45, 2.75) is 11.2 Å². The van der Waals surface area contributed by atoms with E-state index in [0.717, 1.165) is 22.9 Å². The molecule has 1 atom stereocenters. The van der Waals surface area contributed by atoms with Crippen LogP contribution in [0.15, 0.2) is 42.5 Å². The largest absolute Gasteiger partial charge is 0.486 e. The highest BCUT2D eigenvalue weighted by Crippen LogP contribution is 2.36. The first-order valence-corrected chi connectivity index (χ1v) is 7.80. The molecule has 1 aliphatic heterocycles. The third-order valence-electron chi connectivity index (χ3n) is 3.23. The zero-order valence-electron chi connectivity index (χ0n) is 10.8. The molecule has 2 aromatic carbocycles. The van der Waals surface area contributed by atoms with Gasteiger partial charge >= 0.3 is 0 Å². The van der Waals surface area contributed by atoms with Gasteiger partial charge in [-0.05, 0) is 41.8 Å². The van der Waals surface area contributed by atoms with Gasteiger partial charge in [0.2, 0.25) is 0 Å². The molecule has 0 saturated carbocycles. The molecule has 1 unspecified atom stereocenters. The monoisotopic (exact) mass is 352 g/mol. The van der Waals surface area contributed by atoms with Crippen LogP contribution >= 0.6 is 27.5 Å². The average Bonchev–Trinajstić information content (AvgIpc) is 2.47. The van der Waals surface area contributed by atoms with Crippen molar-refractivity contribution in [2.24, 2.45) is 0 Å². The summed E-state index contributed by atoms with van der Waals surface area (Å²) >= 11 is 9.75. The van der Waals surface area contributed by atoms with E-state index in [-0.39, 0.29) is 4.83 Å². The predicted octanol–water partition coefficient (Wildman–Crippen LogP) is 4.79. The molecule has 0 radical (unpaired) electrons. The molecule has 0 spiro atoms. The van der Waals surface area contributed by atoms with Crippen LogP contribution in [0.2, 0.25) is 5.02 Å². The minimum Gasteiger partial charge on any atom is -0.486 e. The molecule has 0 amide bonds. The van der Waals surface area contributed by atoms with Gasteiger partial charge in [0.1, 0.15) is 13.2 Å².